The van der Waals surface area contributed by atoms with Crippen LogP contribution >= 0.6 is 0 Å². The highest BCUT2D eigenvalue weighted by atomic mass is 32.2. The first-order chi connectivity index (χ1) is 6.11. The van der Waals surface area contributed by atoms with Crippen molar-refractivity contribution in [3.05, 3.63) is 39.9 Å². The van der Waals surface area contributed by atoms with Crippen molar-refractivity contribution >= 4 is 16.5 Å². The predicted molar refractivity (Wildman–Crippen MR) is 50.9 cm³/mol. The second-order valence-corrected chi connectivity index (χ2v) is 4.04. The van der Waals surface area contributed by atoms with Crippen LogP contribution in [0.2, 0.25) is 0 Å². The van der Waals surface area contributed by atoms with Gasteiger partial charge in [0.2, 0.25) is 0 Å². The van der Waals surface area contributed by atoms with Crippen molar-refractivity contribution in [2.45, 2.75) is 5.75 Å². The maximum Gasteiger partial charge on any atom is 0.273 e. The molecule has 0 spiro atoms. The van der Waals surface area contributed by atoms with E-state index >= 15 is 0 Å². The Labute approximate surface area is 78.2 Å². The Balaban J connectivity index is 3.04. The molecule has 1 aromatic carbocycles. The summed E-state index contributed by atoms with van der Waals surface area (Å²) in [5.41, 5.74) is 0.561. The lowest BCUT2D eigenvalue weighted by Crippen LogP contribution is -1.98. The van der Waals surface area contributed by atoms with Crippen LogP contribution in [0.3, 0.4) is 0 Å². The van der Waals surface area contributed by atoms with Crippen LogP contribution in [-0.2, 0) is 16.6 Å². The fraction of sp³-hybridized carbons (Fsp3) is 0.250. The molecule has 0 heterocycles. The molecule has 1 unspecified atom stereocenters. The third kappa shape index (κ3) is 2.62. The Kier molecular flexibility index (Phi) is 3.13. The fourth-order valence-electron chi connectivity index (χ4n) is 1.03. The lowest BCUT2D eigenvalue weighted by molar-refractivity contribution is -0.385. The molecule has 70 valence electrons. The molecular weight excluding hydrogens is 190 g/mol. The second kappa shape index (κ2) is 4.13. The van der Waals surface area contributed by atoms with Crippen LogP contribution in [0.15, 0.2) is 24.3 Å². The molecule has 0 bridgehead atoms. The van der Waals surface area contributed by atoms with Gasteiger partial charge in [-0.1, -0.05) is 18.2 Å². The molecule has 0 aliphatic heterocycles. The molecule has 0 saturated carbocycles. The van der Waals surface area contributed by atoms with Crippen LogP contribution < -0.4 is 0 Å². The van der Waals surface area contributed by atoms with Crippen LogP contribution in [0.4, 0.5) is 5.69 Å². The van der Waals surface area contributed by atoms with Crippen molar-refractivity contribution in [3.63, 3.8) is 0 Å². The lowest BCUT2D eigenvalue weighted by atomic mass is 10.2. The zero-order valence-electron chi connectivity index (χ0n) is 7.10. The highest BCUT2D eigenvalue weighted by molar-refractivity contribution is 7.83. The SMILES string of the molecule is CS(=O)Cc1ccccc1[N+](=O)[O-]. The molecule has 0 aromatic heterocycles. The first-order valence-corrected chi connectivity index (χ1v) is 5.36. The predicted octanol–water partition coefficient (Wildman–Crippen LogP) is 1.47. The maximum atomic E-state index is 10.9. The largest absolute Gasteiger partial charge is 0.273 e. The number of benzene rings is 1. The molecule has 0 N–H and O–H groups in total. The van der Waals surface area contributed by atoms with Gasteiger partial charge in [-0.3, -0.25) is 14.3 Å². The molecule has 0 saturated heterocycles. The summed E-state index contributed by atoms with van der Waals surface area (Å²) in [5.74, 6) is 0.233. The first-order valence-electron chi connectivity index (χ1n) is 3.63. The fourth-order valence-corrected chi connectivity index (χ4v) is 1.71. The topological polar surface area (TPSA) is 60.2 Å². The van der Waals surface area contributed by atoms with E-state index in [9.17, 15) is 14.3 Å². The molecule has 1 atom stereocenters. The number of hydrogen-bond acceptors (Lipinski definition) is 3. The van der Waals surface area contributed by atoms with Crippen LogP contribution in [0.25, 0.3) is 0 Å². The van der Waals surface area contributed by atoms with Crippen LogP contribution in [0.1, 0.15) is 5.56 Å². The van der Waals surface area contributed by atoms with Gasteiger partial charge < -0.3 is 0 Å². The summed E-state index contributed by atoms with van der Waals surface area (Å²) in [6, 6.07) is 6.34. The van der Waals surface area contributed by atoms with E-state index < -0.39 is 15.7 Å². The zero-order chi connectivity index (χ0) is 9.84. The maximum absolute atomic E-state index is 10.9. The number of nitrogens with zero attached hydrogens (tertiary/aromatic N) is 1. The van der Waals surface area contributed by atoms with Gasteiger partial charge >= 0.3 is 0 Å². The molecular formula is C8H9NO3S. The number of nitro benzene ring substituents is 1. The molecule has 0 radical (unpaired) electrons. The summed E-state index contributed by atoms with van der Waals surface area (Å²) >= 11 is 0. The normalized spacial score (nSPS) is 12.4. The third-order valence-electron chi connectivity index (χ3n) is 1.55. The van der Waals surface area contributed by atoms with Gasteiger partial charge in [-0.25, -0.2) is 0 Å². The molecule has 13 heavy (non-hydrogen) atoms. The van der Waals surface area contributed by atoms with Gasteiger partial charge in [-0.2, -0.15) is 0 Å². The first kappa shape index (κ1) is 9.85. The van der Waals surface area contributed by atoms with Crippen molar-refractivity contribution in [1.82, 2.24) is 0 Å². The van der Waals surface area contributed by atoms with Gasteiger partial charge in [-0.15, -0.1) is 0 Å². The summed E-state index contributed by atoms with van der Waals surface area (Å²) in [6.45, 7) is 0. The van der Waals surface area contributed by atoms with E-state index in [1.165, 1.54) is 12.3 Å². The minimum atomic E-state index is -1.05. The van der Waals surface area contributed by atoms with E-state index in [0.717, 1.165) is 0 Å². The molecule has 4 nitrogen and oxygen atoms in total. The van der Waals surface area contributed by atoms with Gasteiger partial charge in [0, 0.05) is 28.7 Å². The molecule has 1 aromatic rings. The van der Waals surface area contributed by atoms with Crippen LogP contribution in [0.5, 0.6) is 0 Å². The average Bonchev–Trinajstić information content (AvgIpc) is 2.03. The van der Waals surface area contributed by atoms with Crippen molar-refractivity contribution in [2.75, 3.05) is 6.26 Å². The lowest BCUT2D eigenvalue weighted by Gasteiger charge is -1.98. The Morgan fingerprint density at radius 2 is 2.08 bits per heavy atom. The van der Waals surface area contributed by atoms with Gasteiger partial charge in [-0.05, 0) is 0 Å². The van der Waals surface area contributed by atoms with E-state index in [2.05, 4.69) is 0 Å². The Hall–Kier alpha value is -1.23. The van der Waals surface area contributed by atoms with Gasteiger partial charge in [0.1, 0.15) is 0 Å². The Bertz CT molecular complexity index is 351. The average molecular weight is 199 g/mol. The zero-order valence-corrected chi connectivity index (χ0v) is 7.91. The molecule has 0 fully saturated rings. The smallest absolute Gasteiger partial charge is 0.260 e. The minimum absolute atomic E-state index is 0.0395. The molecule has 0 aliphatic rings. The van der Waals surface area contributed by atoms with E-state index in [1.54, 1.807) is 18.2 Å². The summed E-state index contributed by atoms with van der Waals surface area (Å²) in [6.07, 6.45) is 1.52. The standard InChI is InChI=1S/C8H9NO3S/c1-13(12)6-7-4-2-3-5-8(7)9(10)11/h2-5H,6H2,1H3. The van der Waals surface area contributed by atoms with E-state index in [1.807, 2.05) is 0 Å². The van der Waals surface area contributed by atoms with Crippen molar-refractivity contribution in [1.29, 1.82) is 0 Å². The van der Waals surface area contributed by atoms with E-state index in [-0.39, 0.29) is 11.4 Å². The number of nitro groups is 1. The highest BCUT2D eigenvalue weighted by Crippen LogP contribution is 2.18. The quantitative estimate of drug-likeness (QED) is 0.547. The number of hydrogen-bond donors (Lipinski definition) is 0. The van der Waals surface area contributed by atoms with Crippen molar-refractivity contribution in [2.24, 2.45) is 0 Å². The monoisotopic (exact) mass is 199 g/mol. The summed E-state index contributed by atoms with van der Waals surface area (Å²) in [7, 11) is -1.05. The van der Waals surface area contributed by atoms with Crippen molar-refractivity contribution < 1.29 is 9.13 Å². The van der Waals surface area contributed by atoms with Crippen LogP contribution in [-0.4, -0.2) is 15.4 Å². The van der Waals surface area contributed by atoms with Gasteiger partial charge in [0.05, 0.1) is 10.7 Å². The van der Waals surface area contributed by atoms with Crippen molar-refractivity contribution in [3.8, 4) is 0 Å². The van der Waals surface area contributed by atoms with Gasteiger partial charge in [0.15, 0.2) is 0 Å². The third-order valence-corrected chi connectivity index (χ3v) is 2.26. The summed E-state index contributed by atoms with van der Waals surface area (Å²) < 4.78 is 10.9. The summed E-state index contributed by atoms with van der Waals surface area (Å²) in [5, 5.41) is 10.5. The molecule has 1 rings (SSSR count). The minimum Gasteiger partial charge on any atom is -0.260 e. The number of para-hydroxylation sites is 1. The van der Waals surface area contributed by atoms with E-state index in [0.29, 0.717) is 5.56 Å². The Morgan fingerprint density at radius 1 is 1.46 bits per heavy atom. The summed E-state index contributed by atoms with van der Waals surface area (Å²) in [4.78, 5) is 10.1. The van der Waals surface area contributed by atoms with Gasteiger partial charge in [0.25, 0.3) is 5.69 Å². The molecule has 0 aliphatic carbocycles. The molecule has 0 amide bonds. The Morgan fingerprint density at radius 3 is 2.62 bits per heavy atom. The molecule has 5 heteroatoms. The van der Waals surface area contributed by atoms with Crippen LogP contribution in [0, 0.1) is 10.1 Å². The highest BCUT2D eigenvalue weighted by Gasteiger charge is 2.12. The second-order valence-electron chi connectivity index (χ2n) is 2.60. The number of rotatable bonds is 3. The van der Waals surface area contributed by atoms with E-state index in [4.69, 9.17) is 0 Å².